The molecule has 2 heterocycles. The van der Waals surface area contributed by atoms with Crippen molar-refractivity contribution >= 4 is 22.8 Å². The van der Waals surface area contributed by atoms with E-state index in [1.807, 2.05) is 5.32 Å². The van der Waals surface area contributed by atoms with Crippen LogP contribution in [-0.4, -0.2) is 33.6 Å². The first-order chi connectivity index (χ1) is 12.0. The van der Waals surface area contributed by atoms with E-state index in [1.165, 1.54) is 12.1 Å². The molecule has 8 nitrogen and oxygen atoms in total. The van der Waals surface area contributed by atoms with E-state index in [1.54, 1.807) is 30.5 Å². The molecular weight excluding hydrogens is 328 g/mol. The maximum absolute atomic E-state index is 12.0. The van der Waals surface area contributed by atoms with Crippen molar-refractivity contribution in [2.24, 2.45) is 0 Å². The average Bonchev–Trinajstić information content (AvgIpc) is 2.60. The number of nitrogens with zero attached hydrogens (tertiary/aromatic N) is 1. The van der Waals surface area contributed by atoms with Gasteiger partial charge in [-0.15, -0.1) is 0 Å². The number of carbonyl (C=O) groups excluding carboxylic acids is 1. The number of aromatic nitrogens is 1. The smallest absolute Gasteiger partial charge is 0.353 e. The maximum atomic E-state index is 12.0. The highest BCUT2D eigenvalue weighted by atomic mass is 16.4. The molecule has 25 heavy (non-hydrogen) atoms. The van der Waals surface area contributed by atoms with E-state index in [2.05, 4.69) is 4.98 Å². The summed E-state index contributed by atoms with van der Waals surface area (Å²) in [6.45, 7) is -0.691. The normalized spacial score (nSPS) is 10.6. The number of rotatable bonds is 4. The Morgan fingerprint density at radius 2 is 2.00 bits per heavy atom. The Labute approximate surface area is 140 Å². The summed E-state index contributed by atoms with van der Waals surface area (Å²) >= 11 is 0. The van der Waals surface area contributed by atoms with E-state index in [0.29, 0.717) is 11.3 Å². The van der Waals surface area contributed by atoms with Gasteiger partial charge in [-0.05, 0) is 30.3 Å². The minimum atomic E-state index is -1.28. The lowest BCUT2D eigenvalue weighted by atomic mass is 10.1. The summed E-state index contributed by atoms with van der Waals surface area (Å²) in [6, 6.07) is 9.99. The predicted molar refractivity (Wildman–Crippen MR) is 87.3 cm³/mol. The van der Waals surface area contributed by atoms with Gasteiger partial charge in [-0.3, -0.25) is 14.6 Å². The van der Waals surface area contributed by atoms with Crippen LogP contribution in [-0.2, 0) is 4.79 Å². The van der Waals surface area contributed by atoms with Crippen LogP contribution in [0.3, 0.4) is 0 Å². The number of carboxylic acids is 1. The van der Waals surface area contributed by atoms with Gasteiger partial charge in [0.05, 0.1) is 11.1 Å². The molecule has 3 N–H and O–H groups in total. The molecule has 8 heteroatoms. The molecule has 1 aromatic carbocycles. The van der Waals surface area contributed by atoms with Crippen LogP contribution in [0.5, 0.6) is 5.75 Å². The van der Waals surface area contributed by atoms with Gasteiger partial charge in [-0.1, -0.05) is 6.07 Å². The van der Waals surface area contributed by atoms with E-state index < -0.39 is 35.4 Å². The molecule has 0 saturated carbocycles. The van der Waals surface area contributed by atoms with Crippen molar-refractivity contribution in [3.05, 3.63) is 58.6 Å². The molecule has 0 aliphatic heterocycles. The SMILES string of the molecule is O=C(O)CNC(=O)c1c(O)c2cc(-c3ccccn3)ccc2oc1=O. The lowest BCUT2D eigenvalue weighted by Gasteiger charge is -2.08. The van der Waals surface area contributed by atoms with Gasteiger partial charge in [-0.2, -0.15) is 0 Å². The predicted octanol–water partition coefficient (Wildman–Crippen LogP) is 1.37. The fourth-order valence-corrected chi connectivity index (χ4v) is 2.32. The number of carboxylic acid groups (broad SMARTS) is 1. The Hall–Kier alpha value is -3.68. The quantitative estimate of drug-likeness (QED) is 0.612. The summed E-state index contributed by atoms with van der Waals surface area (Å²) in [5.74, 6) is -2.89. The van der Waals surface area contributed by atoms with Gasteiger partial charge < -0.3 is 19.9 Å². The highest BCUT2D eigenvalue weighted by Crippen LogP contribution is 2.30. The number of hydrogen-bond acceptors (Lipinski definition) is 6. The Kier molecular flexibility index (Phi) is 4.17. The first kappa shape index (κ1) is 16.2. The van der Waals surface area contributed by atoms with Gasteiger partial charge in [0, 0.05) is 11.8 Å². The highest BCUT2D eigenvalue weighted by Gasteiger charge is 2.21. The van der Waals surface area contributed by atoms with Crippen molar-refractivity contribution in [1.29, 1.82) is 0 Å². The van der Waals surface area contributed by atoms with Crippen LogP contribution in [0, 0.1) is 0 Å². The first-order valence-electron chi connectivity index (χ1n) is 7.18. The van der Waals surface area contributed by atoms with Gasteiger partial charge in [0.15, 0.2) is 5.56 Å². The molecule has 0 saturated heterocycles. The number of nitrogens with one attached hydrogen (secondary N) is 1. The number of aromatic hydroxyl groups is 1. The largest absolute Gasteiger partial charge is 0.506 e. The van der Waals surface area contributed by atoms with Crippen molar-refractivity contribution in [1.82, 2.24) is 10.3 Å². The van der Waals surface area contributed by atoms with Gasteiger partial charge >= 0.3 is 11.6 Å². The third kappa shape index (κ3) is 3.18. The number of pyridine rings is 1. The second-order valence-corrected chi connectivity index (χ2v) is 5.12. The minimum Gasteiger partial charge on any atom is -0.506 e. The molecule has 0 spiro atoms. The average molecular weight is 340 g/mol. The van der Waals surface area contributed by atoms with Crippen molar-refractivity contribution in [3.8, 4) is 17.0 Å². The monoisotopic (exact) mass is 340 g/mol. The van der Waals surface area contributed by atoms with Crippen LogP contribution < -0.4 is 10.9 Å². The summed E-state index contributed by atoms with van der Waals surface area (Å²) in [5.41, 5.74) is -0.330. The van der Waals surface area contributed by atoms with E-state index in [-0.39, 0.29) is 11.0 Å². The van der Waals surface area contributed by atoms with Crippen LogP contribution in [0.1, 0.15) is 10.4 Å². The summed E-state index contributed by atoms with van der Waals surface area (Å²) in [6.07, 6.45) is 1.61. The van der Waals surface area contributed by atoms with Gasteiger partial charge in [0.25, 0.3) is 5.91 Å². The lowest BCUT2D eigenvalue weighted by molar-refractivity contribution is -0.135. The molecule has 3 aromatic rings. The third-order valence-electron chi connectivity index (χ3n) is 3.47. The zero-order chi connectivity index (χ0) is 18.0. The highest BCUT2D eigenvalue weighted by molar-refractivity contribution is 6.02. The van der Waals surface area contributed by atoms with Crippen LogP contribution in [0.15, 0.2) is 51.8 Å². The molecule has 0 aliphatic carbocycles. The molecule has 0 atom stereocenters. The van der Waals surface area contributed by atoms with E-state index in [9.17, 15) is 19.5 Å². The van der Waals surface area contributed by atoms with Gasteiger partial charge in [0.2, 0.25) is 0 Å². The molecule has 0 radical (unpaired) electrons. The van der Waals surface area contributed by atoms with Gasteiger partial charge in [-0.25, -0.2) is 4.79 Å². The molecule has 0 fully saturated rings. The fourth-order valence-electron chi connectivity index (χ4n) is 2.32. The Morgan fingerprint density at radius 1 is 1.20 bits per heavy atom. The molecule has 126 valence electrons. The molecule has 0 bridgehead atoms. The number of fused-ring (bicyclic) bond motifs is 1. The Balaban J connectivity index is 2.12. The third-order valence-corrected chi connectivity index (χ3v) is 3.47. The fraction of sp³-hybridized carbons (Fsp3) is 0.0588. The van der Waals surface area contributed by atoms with E-state index in [4.69, 9.17) is 9.52 Å². The van der Waals surface area contributed by atoms with Gasteiger partial charge in [0.1, 0.15) is 17.9 Å². The number of hydrogen-bond donors (Lipinski definition) is 3. The summed E-state index contributed by atoms with van der Waals surface area (Å²) < 4.78 is 5.05. The van der Waals surface area contributed by atoms with Crippen molar-refractivity contribution < 1.29 is 24.2 Å². The number of amides is 1. The molecule has 0 aliphatic rings. The van der Waals surface area contributed by atoms with Crippen molar-refractivity contribution in [2.75, 3.05) is 6.54 Å². The molecule has 0 unspecified atom stereocenters. The number of aliphatic carboxylic acids is 1. The zero-order valence-corrected chi connectivity index (χ0v) is 12.7. The Bertz CT molecular complexity index is 1030. The van der Waals surface area contributed by atoms with Crippen molar-refractivity contribution in [3.63, 3.8) is 0 Å². The first-order valence-corrected chi connectivity index (χ1v) is 7.18. The lowest BCUT2D eigenvalue weighted by Crippen LogP contribution is -2.32. The second-order valence-electron chi connectivity index (χ2n) is 5.12. The standard InChI is InChI=1S/C17H12N2O6/c20-13(21)8-19-16(23)14-15(22)10-7-9(11-3-1-2-6-18-11)4-5-12(10)25-17(14)24/h1-7,22H,8H2,(H,19,23)(H,20,21). The molecule has 2 aromatic heterocycles. The molecule has 1 amide bonds. The van der Waals surface area contributed by atoms with Crippen LogP contribution in [0.25, 0.3) is 22.2 Å². The van der Waals surface area contributed by atoms with E-state index >= 15 is 0 Å². The maximum Gasteiger partial charge on any atom is 0.353 e. The number of carbonyl (C=O) groups is 2. The Morgan fingerprint density at radius 3 is 2.68 bits per heavy atom. The van der Waals surface area contributed by atoms with Crippen molar-refractivity contribution in [2.45, 2.75) is 0 Å². The zero-order valence-electron chi connectivity index (χ0n) is 12.7. The minimum absolute atomic E-state index is 0.0944. The summed E-state index contributed by atoms with van der Waals surface area (Å²) in [7, 11) is 0. The summed E-state index contributed by atoms with van der Waals surface area (Å²) in [5, 5.41) is 21.1. The summed E-state index contributed by atoms with van der Waals surface area (Å²) in [4.78, 5) is 38.7. The van der Waals surface area contributed by atoms with E-state index in [0.717, 1.165) is 0 Å². The topological polar surface area (TPSA) is 130 Å². The van der Waals surface area contributed by atoms with Crippen LogP contribution in [0.2, 0.25) is 0 Å². The second kappa shape index (κ2) is 6.44. The molecular formula is C17H12N2O6. The number of benzene rings is 1. The molecule has 3 rings (SSSR count). The van der Waals surface area contributed by atoms with Crippen LogP contribution >= 0.6 is 0 Å². The van der Waals surface area contributed by atoms with Crippen LogP contribution in [0.4, 0.5) is 0 Å².